The number of nitrogens with zero attached hydrogens (tertiary/aromatic N) is 4. The van der Waals surface area contributed by atoms with Gasteiger partial charge in [-0.05, 0) is 37.0 Å². The molecule has 0 bridgehead atoms. The monoisotopic (exact) mass is 386 g/mol. The minimum absolute atomic E-state index is 0.0640. The number of carbonyl (C=O) groups excluding carboxylic acids is 1. The largest absolute Gasteiger partial charge is 0.497 e. The van der Waals surface area contributed by atoms with Crippen LogP contribution in [-0.2, 0) is 11.2 Å². The third kappa shape index (κ3) is 5.10. The van der Waals surface area contributed by atoms with Gasteiger partial charge in [0, 0.05) is 26.2 Å². The molecule has 3 rings (SSSR count). The van der Waals surface area contributed by atoms with Gasteiger partial charge in [0.2, 0.25) is 11.8 Å². The summed E-state index contributed by atoms with van der Waals surface area (Å²) >= 11 is 0. The van der Waals surface area contributed by atoms with E-state index in [1.807, 2.05) is 36.1 Å². The number of aromatic nitrogens is 2. The van der Waals surface area contributed by atoms with Crippen LogP contribution in [0.4, 0.5) is 0 Å². The lowest BCUT2D eigenvalue weighted by atomic mass is 10.1. The fourth-order valence-electron chi connectivity index (χ4n) is 3.66. The van der Waals surface area contributed by atoms with Crippen LogP contribution in [0.15, 0.2) is 28.8 Å². The Kier molecular flexibility index (Phi) is 6.67. The molecule has 152 valence electrons. The Bertz CT molecular complexity index is 772. The molecule has 0 radical (unpaired) electrons. The lowest BCUT2D eigenvalue weighted by molar-refractivity contribution is -0.130. The van der Waals surface area contributed by atoms with Crippen LogP contribution in [0, 0.1) is 12.8 Å². The molecule has 1 saturated heterocycles. The highest BCUT2D eigenvalue weighted by Crippen LogP contribution is 2.25. The minimum Gasteiger partial charge on any atom is -0.497 e. The van der Waals surface area contributed by atoms with Crippen molar-refractivity contribution in [2.75, 3.05) is 33.3 Å². The number of benzene rings is 1. The predicted octanol–water partition coefficient (Wildman–Crippen LogP) is 2.86. The summed E-state index contributed by atoms with van der Waals surface area (Å²) in [5.74, 6) is 2.66. The predicted molar refractivity (Wildman–Crippen MR) is 106 cm³/mol. The van der Waals surface area contributed by atoms with Crippen molar-refractivity contribution in [3.63, 3.8) is 0 Å². The zero-order valence-corrected chi connectivity index (χ0v) is 17.2. The molecule has 0 saturated carbocycles. The van der Waals surface area contributed by atoms with Gasteiger partial charge in [-0.3, -0.25) is 9.69 Å². The Morgan fingerprint density at radius 2 is 2.04 bits per heavy atom. The maximum Gasteiger partial charge on any atom is 0.245 e. The molecule has 28 heavy (non-hydrogen) atoms. The van der Waals surface area contributed by atoms with Gasteiger partial charge in [0.15, 0.2) is 5.82 Å². The van der Waals surface area contributed by atoms with Gasteiger partial charge in [0.05, 0.1) is 13.5 Å². The van der Waals surface area contributed by atoms with E-state index >= 15 is 0 Å². The van der Waals surface area contributed by atoms with Crippen LogP contribution >= 0.6 is 0 Å². The van der Waals surface area contributed by atoms with Crippen molar-refractivity contribution in [3.05, 3.63) is 41.5 Å². The van der Waals surface area contributed by atoms with E-state index in [0.29, 0.717) is 30.6 Å². The summed E-state index contributed by atoms with van der Waals surface area (Å²) in [5, 5.41) is 3.96. The smallest absolute Gasteiger partial charge is 0.245 e. The Balaban J connectivity index is 1.74. The highest BCUT2D eigenvalue weighted by molar-refractivity contribution is 5.79. The fraction of sp³-hybridized carbons (Fsp3) is 0.571. The Hall–Kier alpha value is -2.41. The molecule has 1 atom stereocenters. The Labute approximate surface area is 166 Å². The van der Waals surface area contributed by atoms with E-state index in [9.17, 15) is 4.79 Å². The molecule has 0 N–H and O–H groups in total. The molecule has 1 unspecified atom stereocenters. The molecule has 2 heterocycles. The molecule has 2 aromatic rings. The molecule has 1 fully saturated rings. The first-order valence-electron chi connectivity index (χ1n) is 9.91. The number of ether oxygens (including phenoxy) is 1. The van der Waals surface area contributed by atoms with Gasteiger partial charge in [-0.1, -0.05) is 31.1 Å². The average Bonchev–Trinajstić information content (AvgIpc) is 2.98. The van der Waals surface area contributed by atoms with Crippen molar-refractivity contribution in [2.24, 2.45) is 5.92 Å². The lowest BCUT2D eigenvalue weighted by Gasteiger charge is -2.30. The van der Waals surface area contributed by atoms with E-state index in [2.05, 4.69) is 28.9 Å². The Morgan fingerprint density at radius 3 is 2.64 bits per heavy atom. The number of carbonyl (C=O) groups is 1. The second-order valence-corrected chi connectivity index (χ2v) is 7.80. The first kappa shape index (κ1) is 20.3. The summed E-state index contributed by atoms with van der Waals surface area (Å²) in [6.45, 7) is 9.39. The maximum atomic E-state index is 13.0. The van der Waals surface area contributed by atoms with Crippen molar-refractivity contribution in [1.29, 1.82) is 0 Å². The second kappa shape index (κ2) is 9.19. The number of hydrogen-bond donors (Lipinski definition) is 0. The Morgan fingerprint density at radius 1 is 1.29 bits per heavy atom. The summed E-state index contributed by atoms with van der Waals surface area (Å²) < 4.78 is 10.7. The summed E-state index contributed by atoms with van der Waals surface area (Å²) in [7, 11) is 1.64. The molecule has 1 amide bonds. The maximum absolute atomic E-state index is 13.0. The van der Waals surface area contributed by atoms with Crippen LogP contribution < -0.4 is 4.74 Å². The highest BCUT2D eigenvalue weighted by Gasteiger charge is 2.32. The highest BCUT2D eigenvalue weighted by atomic mass is 16.5. The standard InChI is InChI=1S/C21H30N4O3/c1-15(2)13-24-10-5-11-25(14-19(24)21-22-16(3)23-28-21)20(26)12-17-6-8-18(27-4)9-7-17/h6-9,15,19H,5,10-14H2,1-4H3. The zero-order chi connectivity index (χ0) is 20.1. The molecule has 1 aliphatic rings. The molecule has 1 aromatic heterocycles. The van der Waals surface area contributed by atoms with E-state index in [-0.39, 0.29) is 11.9 Å². The fourth-order valence-corrected chi connectivity index (χ4v) is 3.66. The number of amides is 1. The topological polar surface area (TPSA) is 71.7 Å². The van der Waals surface area contributed by atoms with Gasteiger partial charge in [-0.25, -0.2) is 0 Å². The summed E-state index contributed by atoms with van der Waals surface area (Å²) in [5.41, 5.74) is 0.985. The molecule has 0 aliphatic carbocycles. The molecule has 7 heteroatoms. The summed E-state index contributed by atoms with van der Waals surface area (Å²) in [6, 6.07) is 7.60. The van der Waals surface area contributed by atoms with E-state index in [1.165, 1.54) is 0 Å². The summed E-state index contributed by atoms with van der Waals surface area (Å²) in [6.07, 6.45) is 1.31. The van der Waals surface area contributed by atoms with Crippen molar-refractivity contribution < 1.29 is 14.1 Å². The van der Waals surface area contributed by atoms with Crippen LogP contribution in [0.3, 0.4) is 0 Å². The van der Waals surface area contributed by atoms with Crippen molar-refractivity contribution in [3.8, 4) is 5.75 Å². The molecular formula is C21H30N4O3. The minimum atomic E-state index is -0.0640. The van der Waals surface area contributed by atoms with Gasteiger partial charge in [0.1, 0.15) is 11.8 Å². The van der Waals surface area contributed by atoms with Gasteiger partial charge in [-0.15, -0.1) is 0 Å². The second-order valence-electron chi connectivity index (χ2n) is 7.80. The van der Waals surface area contributed by atoms with E-state index in [1.54, 1.807) is 7.11 Å². The number of aryl methyl sites for hydroxylation is 1. The first-order chi connectivity index (χ1) is 13.5. The van der Waals surface area contributed by atoms with Gasteiger partial charge in [0.25, 0.3) is 0 Å². The lowest BCUT2D eigenvalue weighted by Crippen LogP contribution is -2.39. The number of rotatable bonds is 6. The molecule has 0 spiro atoms. The van der Waals surface area contributed by atoms with Crippen LogP contribution in [-0.4, -0.2) is 59.1 Å². The van der Waals surface area contributed by atoms with E-state index < -0.39 is 0 Å². The van der Waals surface area contributed by atoms with Gasteiger partial charge in [-0.2, -0.15) is 4.98 Å². The van der Waals surface area contributed by atoms with Crippen LogP contribution in [0.2, 0.25) is 0 Å². The van der Waals surface area contributed by atoms with Crippen LogP contribution in [0.1, 0.15) is 43.6 Å². The SMILES string of the molecule is COc1ccc(CC(=O)N2CCCN(CC(C)C)C(c3nc(C)no3)C2)cc1. The average molecular weight is 386 g/mol. The van der Waals surface area contributed by atoms with Crippen molar-refractivity contribution >= 4 is 5.91 Å². The molecule has 1 aliphatic heterocycles. The van der Waals surface area contributed by atoms with E-state index in [0.717, 1.165) is 37.4 Å². The van der Waals surface area contributed by atoms with Crippen molar-refractivity contribution in [1.82, 2.24) is 19.9 Å². The van der Waals surface area contributed by atoms with Crippen molar-refractivity contribution in [2.45, 2.75) is 39.7 Å². The van der Waals surface area contributed by atoms with Crippen LogP contribution in [0.25, 0.3) is 0 Å². The van der Waals surface area contributed by atoms with Crippen LogP contribution in [0.5, 0.6) is 5.75 Å². The third-order valence-electron chi connectivity index (χ3n) is 5.00. The summed E-state index contributed by atoms with van der Waals surface area (Å²) in [4.78, 5) is 21.8. The quantitative estimate of drug-likeness (QED) is 0.760. The number of methoxy groups -OCH3 is 1. The van der Waals surface area contributed by atoms with E-state index in [4.69, 9.17) is 9.26 Å². The first-order valence-corrected chi connectivity index (χ1v) is 9.91. The third-order valence-corrected chi connectivity index (χ3v) is 5.00. The van der Waals surface area contributed by atoms with Gasteiger partial charge < -0.3 is 14.2 Å². The number of hydrogen-bond acceptors (Lipinski definition) is 6. The zero-order valence-electron chi connectivity index (χ0n) is 17.2. The molecular weight excluding hydrogens is 356 g/mol. The molecule has 7 nitrogen and oxygen atoms in total. The van der Waals surface area contributed by atoms with Gasteiger partial charge >= 0.3 is 0 Å². The molecule has 1 aromatic carbocycles. The normalized spacial score (nSPS) is 18.3.